The van der Waals surface area contributed by atoms with Gasteiger partial charge in [0.15, 0.2) is 0 Å². The summed E-state index contributed by atoms with van der Waals surface area (Å²) in [5.41, 5.74) is 6.69. The van der Waals surface area contributed by atoms with Gasteiger partial charge in [-0.05, 0) is 5.56 Å². The zero-order valence-electron chi connectivity index (χ0n) is 16.0. The van der Waals surface area contributed by atoms with Crippen LogP contribution in [0.15, 0.2) is 41.6 Å². The lowest BCUT2D eigenvalue weighted by Crippen LogP contribution is -2.71. The zero-order valence-corrected chi connectivity index (χ0v) is 16.8. The highest BCUT2D eigenvalue weighted by molar-refractivity contribution is 8.00. The van der Waals surface area contributed by atoms with E-state index in [0.29, 0.717) is 11.1 Å². The van der Waals surface area contributed by atoms with Crippen molar-refractivity contribution in [3.8, 4) is 0 Å². The number of nitrogens with one attached hydrogen (secondary N) is 1. The minimum Gasteiger partial charge on any atom is -0.477 e. The number of nitrogens with two attached hydrogens (primary N) is 1. The van der Waals surface area contributed by atoms with Gasteiger partial charge in [-0.2, -0.15) is 0 Å². The van der Waals surface area contributed by atoms with Gasteiger partial charge in [0.1, 0.15) is 29.8 Å². The summed E-state index contributed by atoms with van der Waals surface area (Å²) in [5, 5.41) is 11.6. The second-order valence-corrected chi connectivity index (χ2v) is 7.43. The zero-order chi connectivity index (χ0) is 20.4. The first-order chi connectivity index (χ1) is 13.3. The summed E-state index contributed by atoms with van der Waals surface area (Å²) < 4.78 is 4.88. The number of carbonyl (C=O) groups is 4. The van der Waals surface area contributed by atoms with Gasteiger partial charge in [-0.1, -0.05) is 30.3 Å². The number of ether oxygens (including phenoxy) is 1. The number of amides is 2. The Morgan fingerprint density at radius 2 is 1.93 bits per heavy atom. The third kappa shape index (κ3) is 4.79. The van der Waals surface area contributed by atoms with Crippen LogP contribution < -0.4 is 11.1 Å². The molecule has 1 aromatic rings. The number of hydrogen-bond donors (Lipinski definition) is 3. The van der Waals surface area contributed by atoms with Gasteiger partial charge in [-0.25, -0.2) is 4.79 Å². The minimum atomic E-state index is -1.29. The maximum atomic E-state index is 12.5. The van der Waals surface area contributed by atoms with Crippen LogP contribution in [0.4, 0.5) is 0 Å². The largest absolute Gasteiger partial charge is 0.477 e. The molecule has 1 unspecified atom stereocenters. The maximum absolute atomic E-state index is 12.5. The van der Waals surface area contributed by atoms with Crippen molar-refractivity contribution >= 4 is 35.5 Å². The monoisotopic (exact) mass is 441 g/mol. The highest BCUT2D eigenvalue weighted by Gasteiger charge is 2.54. The van der Waals surface area contributed by atoms with E-state index >= 15 is 0 Å². The Balaban J connectivity index is 0.00000225. The summed E-state index contributed by atoms with van der Waals surface area (Å²) in [6, 6.07) is 6.92. The number of carbonyl (C=O) groups excluding carboxylic acids is 3. The van der Waals surface area contributed by atoms with E-state index < -0.39 is 41.2 Å². The van der Waals surface area contributed by atoms with E-state index in [0.717, 1.165) is 4.90 Å². The van der Waals surface area contributed by atoms with Crippen LogP contribution in [-0.4, -0.2) is 68.5 Å². The van der Waals surface area contributed by atoms with E-state index in [1.54, 1.807) is 30.3 Å². The molecule has 0 aromatic heterocycles. The normalized spacial score (nSPS) is 20.6. The molecule has 2 amide bonds. The van der Waals surface area contributed by atoms with Gasteiger partial charge in [-0.15, -0.1) is 11.8 Å². The number of β-lactam (4-membered cyclic amide) rings is 1. The Morgan fingerprint density at radius 3 is 2.50 bits per heavy atom. The number of nitrogens with zero attached hydrogens (tertiary/aromatic N) is 1. The number of carboxylic acid groups (broad SMARTS) is 1. The molecule has 8 N–H and O–H groups in total. The Hall–Kier alpha value is -2.93. The summed E-state index contributed by atoms with van der Waals surface area (Å²) in [5.74, 6) is -2.62. The second-order valence-electron chi connectivity index (χ2n) is 6.32. The fourth-order valence-corrected chi connectivity index (χ4v) is 4.37. The van der Waals surface area contributed by atoms with Crippen molar-refractivity contribution in [2.75, 3.05) is 12.4 Å². The number of fused-ring (bicyclic) bond motifs is 1. The predicted octanol–water partition coefficient (Wildman–Crippen LogP) is -1.66. The van der Waals surface area contributed by atoms with Gasteiger partial charge in [0, 0.05) is 18.2 Å². The molecular formula is C18H23N3O8S. The Bertz CT molecular complexity index is 860. The minimum absolute atomic E-state index is 0. The molecular weight excluding hydrogens is 418 g/mol. The number of carboxylic acids is 1. The number of thioether (sulfide) groups is 1. The Labute approximate surface area is 175 Å². The summed E-state index contributed by atoms with van der Waals surface area (Å²) in [4.78, 5) is 48.7. The first-order valence-electron chi connectivity index (χ1n) is 8.45. The number of hydrogen-bond acceptors (Lipinski definition) is 7. The molecule has 0 saturated carbocycles. The number of rotatable bonds is 6. The lowest BCUT2D eigenvalue weighted by Gasteiger charge is -2.49. The number of aliphatic carboxylic acids is 1. The van der Waals surface area contributed by atoms with Gasteiger partial charge >= 0.3 is 11.9 Å². The van der Waals surface area contributed by atoms with Gasteiger partial charge in [0.25, 0.3) is 5.91 Å². The van der Waals surface area contributed by atoms with Crippen molar-refractivity contribution in [3.05, 3.63) is 47.2 Å². The van der Waals surface area contributed by atoms with E-state index in [-0.39, 0.29) is 29.0 Å². The van der Waals surface area contributed by atoms with Crippen molar-refractivity contribution in [3.63, 3.8) is 0 Å². The molecule has 1 saturated heterocycles. The Kier molecular flexibility index (Phi) is 8.54. The van der Waals surface area contributed by atoms with Crippen LogP contribution in [0.2, 0.25) is 0 Å². The number of esters is 1. The number of benzene rings is 1. The van der Waals surface area contributed by atoms with Crippen LogP contribution in [0.3, 0.4) is 0 Å². The van der Waals surface area contributed by atoms with E-state index in [4.69, 9.17) is 10.5 Å². The molecule has 1 aromatic carbocycles. The molecule has 2 aliphatic rings. The topological polar surface area (TPSA) is 202 Å². The highest BCUT2D eigenvalue weighted by Crippen LogP contribution is 2.40. The molecule has 11 nitrogen and oxygen atoms in total. The van der Waals surface area contributed by atoms with Crippen molar-refractivity contribution < 1.29 is 40.0 Å². The molecule has 164 valence electrons. The van der Waals surface area contributed by atoms with Crippen LogP contribution in [0.1, 0.15) is 18.5 Å². The smallest absolute Gasteiger partial charge is 0.352 e. The average Bonchev–Trinajstić information content (AvgIpc) is 2.69. The van der Waals surface area contributed by atoms with E-state index in [1.165, 1.54) is 18.7 Å². The standard InChI is InChI=1S/C18H19N3O6S.2H2O/c1-9(22)27-7-11-8-28-17-13(16(24)21(17)14(11)18(25)26)20-15(23)12(19)10-5-3-2-4-6-10;;/h2-6,12-13,17H,7-8,19H2,1H3,(H,20,23)(H,25,26);2*1H2/t12?,13-,17+;;/m1../s1. The molecule has 1 fully saturated rings. The summed E-state index contributed by atoms with van der Waals surface area (Å²) >= 11 is 1.29. The fourth-order valence-electron chi connectivity index (χ4n) is 3.04. The Morgan fingerprint density at radius 1 is 1.30 bits per heavy atom. The quantitative estimate of drug-likeness (QED) is 0.343. The molecule has 3 atom stereocenters. The summed E-state index contributed by atoms with van der Waals surface area (Å²) in [6.07, 6.45) is 0. The van der Waals surface area contributed by atoms with Crippen LogP contribution >= 0.6 is 11.8 Å². The van der Waals surface area contributed by atoms with Crippen LogP contribution in [0.5, 0.6) is 0 Å². The predicted molar refractivity (Wildman–Crippen MR) is 107 cm³/mol. The van der Waals surface area contributed by atoms with E-state index in [2.05, 4.69) is 5.32 Å². The van der Waals surface area contributed by atoms with Crippen LogP contribution in [-0.2, 0) is 23.9 Å². The summed E-state index contributed by atoms with van der Waals surface area (Å²) in [6.45, 7) is 1.02. The molecule has 2 heterocycles. The third-order valence-corrected chi connectivity index (χ3v) is 5.78. The van der Waals surface area contributed by atoms with Gasteiger partial charge in [-0.3, -0.25) is 19.3 Å². The average molecular weight is 441 g/mol. The lowest BCUT2D eigenvalue weighted by molar-refractivity contribution is -0.151. The van der Waals surface area contributed by atoms with Crippen molar-refractivity contribution in [2.24, 2.45) is 5.73 Å². The molecule has 2 aliphatic heterocycles. The van der Waals surface area contributed by atoms with Gasteiger partial charge in [0.05, 0.1) is 0 Å². The summed E-state index contributed by atoms with van der Waals surface area (Å²) in [7, 11) is 0. The molecule has 12 heteroatoms. The van der Waals surface area contributed by atoms with Gasteiger partial charge in [0.2, 0.25) is 5.91 Å². The second kappa shape index (κ2) is 10.2. The first-order valence-corrected chi connectivity index (χ1v) is 9.50. The lowest BCUT2D eigenvalue weighted by atomic mass is 10.0. The van der Waals surface area contributed by atoms with E-state index in [9.17, 15) is 24.3 Å². The van der Waals surface area contributed by atoms with Crippen LogP contribution in [0, 0.1) is 0 Å². The first kappa shape index (κ1) is 25.1. The van der Waals surface area contributed by atoms with Crippen molar-refractivity contribution in [2.45, 2.75) is 24.4 Å². The fraction of sp³-hybridized carbons (Fsp3) is 0.333. The van der Waals surface area contributed by atoms with E-state index in [1.807, 2.05) is 0 Å². The third-order valence-electron chi connectivity index (χ3n) is 4.44. The van der Waals surface area contributed by atoms with Gasteiger partial charge < -0.3 is 31.8 Å². The van der Waals surface area contributed by atoms with Crippen molar-refractivity contribution in [1.82, 2.24) is 10.2 Å². The molecule has 0 radical (unpaired) electrons. The highest BCUT2D eigenvalue weighted by atomic mass is 32.2. The molecule has 30 heavy (non-hydrogen) atoms. The molecule has 0 aliphatic carbocycles. The van der Waals surface area contributed by atoms with Crippen LogP contribution in [0.25, 0.3) is 0 Å². The van der Waals surface area contributed by atoms with Crippen molar-refractivity contribution in [1.29, 1.82) is 0 Å². The maximum Gasteiger partial charge on any atom is 0.352 e. The molecule has 0 bridgehead atoms. The SMILES string of the molecule is CC(=O)OCC1=C(C(=O)O)N2C(=O)[C@@H](NC(=O)C(N)c3ccccc3)[C@@H]2SC1.O.O. The molecule has 0 spiro atoms. The molecule has 3 rings (SSSR count).